The number of hydrogen-bond acceptors (Lipinski definition) is 2. The summed E-state index contributed by atoms with van der Waals surface area (Å²) in [4.78, 5) is 14.8. The van der Waals surface area contributed by atoms with Gasteiger partial charge in [-0.15, -0.1) is 0 Å². The van der Waals surface area contributed by atoms with E-state index in [1.54, 1.807) is 0 Å². The number of amides is 1. The Hall–Kier alpha value is -1.06. The van der Waals surface area contributed by atoms with Gasteiger partial charge >= 0.3 is 0 Å². The lowest BCUT2D eigenvalue weighted by Crippen LogP contribution is -2.39. The summed E-state index contributed by atoms with van der Waals surface area (Å²) in [5, 5.41) is 3.82. The highest BCUT2D eigenvalue weighted by Crippen LogP contribution is 2.48. The second kappa shape index (κ2) is 5.38. The Labute approximate surface area is 125 Å². The summed E-state index contributed by atoms with van der Waals surface area (Å²) in [6.45, 7) is 1.67. The summed E-state index contributed by atoms with van der Waals surface area (Å²) in [6, 6.07) is 8.44. The predicted molar refractivity (Wildman–Crippen MR) is 81.0 cm³/mol. The number of carbonyl (C=O) groups is 1. The van der Waals surface area contributed by atoms with Gasteiger partial charge < -0.3 is 10.2 Å². The molecule has 0 radical (unpaired) electrons. The number of carbonyl (C=O) groups excluding carboxylic acids is 1. The highest BCUT2D eigenvalue weighted by molar-refractivity contribution is 6.30. The molecule has 0 aromatic heterocycles. The molecule has 108 valence electrons. The molecule has 0 unspecified atom stereocenters. The molecule has 1 aromatic rings. The van der Waals surface area contributed by atoms with Gasteiger partial charge in [0.15, 0.2) is 0 Å². The summed E-state index contributed by atoms with van der Waals surface area (Å²) in [6.07, 6.45) is 4.50. The lowest BCUT2D eigenvalue weighted by molar-refractivity contribution is -0.123. The van der Waals surface area contributed by atoms with Crippen molar-refractivity contribution in [3.05, 3.63) is 34.9 Å². The third-order valence-corrected chi connectivity index (χ3v) is 4.75. The zero-order valence-corrected chi connectivity index (χ0v) is 12.6. The van der Waals surface area contributed by atoms with E-state index in [-0.39, 0.29) is 11.3 Å². The van der Waals surface area contributed by atoms with Gasteiger partial charge in [-0.25, -0.2) is 0 Å². The van der Waals surface area contributed by atoms with E-state index >= 15 is 0 Å². The van der Waals surface area contributed by atoms with Gasteiger partial charge in [0.2, 0.25) is 5.91 Å². The van der Waals surface area contributed by atoms with Crippen LogP contribution in [-0.4, -0.2) is 37.0 Å². The average molecular weight is 293 g/mol. The minimum atomic E-state index is -0.289. The maximum Gasteiger partial charge on any atom is 0.230 e. The molecule has 2 aliphatic carbocycles. The Balaban J connectivity index is 1.54. The van der Waals surface area contributed by atoms with Gasteiger partial charge in [-0.2, -0.15) is 0 Å². The van der Waals surface area contributed by atoms with E-state index in [0.29, 0.717) is 0 Å². The van der Waals surface area contributed by atoms with Gasteiger partial charge in [0, 0.05) is 24.2 Å². The molecule has 1 amide bonds. The van der Waals surface area contributed by atoms with E-state index in [1.807, 2.05) is 24.3 Å². The number of hydrogen-bond donors (Lipinski definition) is 1. The van der Waals surface area contributed by atoms with E-state index in [2.05, 4.69) is 17.3 Å². The summed E-state index contributed by atoms with van der Waals surface area (Å²) in [5.41, 5.74) is 0.804. The molecule has 20 heavy (non-hydrogen) atoms. The molecular formula is C16H21ClN2O. The number of halogens is 1. The number of nitrogens with one attached hydrogen (secondary N) is 1. The molecule has 1 N–H and O–H groups in total. The fourth-order valence-corrected chi connectivity index (χ4v) is 2.88. The Morgan fingerprint density at radius 1 is 1.35 bits per heavy atom. The smallest absolute Gasteiger partial charge is 0.230 e. The molecule has 3 rings (SSSR count). The van der Waals surface area contributed by atoms with E-state index < -0.39 is 0 Å². The maximum atomic E-state index is 12.4. The lowest BCUT2D eigenvalue weighted by atomic mass is 9.95. The summed E-state index contributed by atoms with van der Waals surface area (Å²) in [5.74, 6) is 0.170. The van der Waals surface area contributed by atoms with E-state index in [0.717, 1.165) is 42.6 Å². The third-order valence-electron chi connectivity index (χ3n) is 4.50. The highest BCUT2D eigenvalue weighted by atomic mass is 35.5. The molecule has 0 spiro atoms. The van der Waals surface area contributed by atoms with Crippen LogP contribution in [0.25, 0.3) is 0 Å². The van der Waals surface area contributed by atoms with Gasteiger partial charge in [-0.1, -0.05) is 23.7 Å². The quantitative estimate of drug-likeness (QED) is 0.874. The molecular weight excluding hydrogens is 272 g/mol. The highest BCUT2D eigenvalue weighted by Gasteiger charge is 2.51. The van der Waals surface area contributed by atoms with Crippen LogP contribution in [0.1, 0.15) is 31.2 Å². The minimum Gasteiger partial charge on any atom is -0.354 e. The summed E-state index contributed by atoms with van der Waals surface area (Å²) < 4.78 is 0. The van der Waals surface area contributed by atoms with Crippen molar-refractivity contribution in [3.63, 3.8) is 0 Å². The molecule has 3 nitrogen and oxygen atoms in total. The van der Waals surface area contributed by atoms with E-state index in [9.17, 15) is 4.79 Å². The van der Waals surface area contributed by atoms with Crippen LogP contribution in [0.2, 0.25) is 5.02 Å². The van der Waals surface area contributed by atoms with Gasteiger partial charge in [0.25, 0.3) is 0 Å². The fourth-order valence-electron chi connectivity index (χ4n) is 2.75. The second-order valence-electron chi connectivity index (χ2n) is 6.06. The predicted octanol–water partition coefficient (Wildman–Crippen LogP) is 2.58. The van der Waals surface area contributed by atoms with Crippen molar-refractivity contribution in [3.8, 4) is 0 Å². The van der Waals surface area contributed by atoms with Crippen molar-refractivity contribution < 1.29 is 4.79 Å². The number of nitrogens with zero attached hydrogens (tertiary/aromatic N) is 1. The molecule has 0 aliphatic heterocycles. The van der Waals surface area contributed by atoms with E-state index in [1.165, 1.54) is 12.8 Å². The van der Waals surface area contributed by atoms with Crippen molar-refractivity contribution in [1.29, 1.82) is 0 Å². The second-order valence-corrected chi connectivity index (χ2v) is 6.49. The number of rotatable bonds is 6. The van der Waals surface area contributed by atoms with Gasteiger partial charge in [-0.05, 0) is 50.4 Å². The zero-order valence-electron chi connectivity index (χ0n) is 11.9. The summed E-state index contributed by atoms with van der Waals surface area (Å²) in [7, 11) is 2.13. The molecule has 2 fully saturated rings. The fraction of sp³-hybridized carbons (Fsp3) is 0.562. The first-order valence-electron chi connectivity index (χ1n) is 7.36. The summed E-state index contributed by atoms with van der Waals surface area (Å²) >= 11 is 5.91. The molecule has 0 saturated heterocycles. The Bertz CT molecular complexity index is 492. The van der Waals surface area contributed by atoms with Crippen LogP contribution in [0, 0.1) is 0 Å². The van der Waals surface area contributed by atoms with Crippen molar-refractivity contribution >= 4 is 17.5 Å². The first kappa shape index (κ1) is 13.9. The van der Waals surface area contributed by atoms with Crippen molar-refractivity contribution in [2.24, 2.45) is 0 Å². The Kier molecular flexibility index (Phi) is 3.74. The number of benzene rings is 1. The van der Waals surface area contributed by atoms with Crippen LogP contribution >= 0.6 is 11.6 Å². The number of likely N-dealkylation sites (N-methyl/N-ethyl adjacent to an activating group) is 1. The lowest BCUT2D eigenvalue weighted by Gasteiger charge is -2.19. The minimum absolute atomic E-state index is 0.170. The average Bonchev–Trinajstić information content (AvgIpc) is 3.30. The molecule has 0 heterocycles. The molecule has 2 aliphatic rings. The van der Waals surface area contributed by atoms with Gasteiger partial charge in [0.05, 0.1) is 5.41 Å². The van der Waals surface area contributed by atoms with Crippen molar-refractivity contribution in [2.75, 3.05) is 20.1 Å². The Morgan fingerprint density at radius 2 is 2.00 bits per heavy atom. The molecule has 4 heteroatoms. The first-order chi connectivity index (χ1) is 9.62. The molecule has 0 atom stereocenters. The first-order valence-corrected chi connectivity index (χ1v) is 7.74. The van der Waals surface area contributed by atoms with Gasteiger partial charge in [0.1, 0.15) is 0 Å². The third kappa shape index (κ3) is 2.84. The molecule has 0 bridgehead atoms. The van der Waals surface area contributed by atoms with Crippen molar-refractivity contribution in [2.45, 2.75) is 37.1 Å². The van der Waals surface area contributed by atoms with Crippen LogP contribution < -0.4 is 5.32 Å². The largest absolute Gasteiger partial charge is 0.354 e. The van der Waals surface area contributed by atoms with Gasteiger partial charge in [-0.3, -0.25) is 4.79 Å². The normalized spacial score (nSPS) is 19.9. The van der Waals surface area contributed by atoms with Crippen molar-refractivity contribution in [1.82, 2.24) is 10.2 Å². The van der Waals surface area contributed by atoms with Crippen LogP contribution in [0.3, 0.4) is 0 Å². The SMILES string of the molecule is CN(CCNC(=O)C1(c2ccc(Cl)cc2)CC1)C1CC1. The zero-order chi connectivity index (χ0) is 14.2. The molecule has 1 aromatic carbocycles. The van der Waals surface area contributed by atoms with Crippen LogP contribution in [0.4, 0.5) is 0 Å². The van der Waals surface area contributed by atoms with E-state index in [4.69, 9.17) is 11.6 Å². The van der Waals surface area contributed by atoms with Crippen LogP contribution in [-0.2, 0) is 10.2 Å². The topological polar surface area (TPSA) is 32.3 Å². The Morgan fingerprint density at radius 3 is 2.55 bits per heavy atom. The van der Waals surface area contributed by atoms with Crippen LogP contribution in [0.15, 0.2) is 24.3 Å². The monoisotopic (exact) mass is 292 g/mol. The standard InChI is InChI=1S/C16H21ClN2O/c1-19(14-6-7-14)11-10-18-15(20)16(8-9-16)12-2-4-13(17)5-3-12/h2-5,14H,6-11H2,1H3,(H,18,20). The molecule has 2 saturated carbocycles. The maximum absolute atomic E-state index is 12.4. The van der Waals surface area contributed by atoms with Crippen LogP contribution in [0.5, 0.6) is 0 Å².